The Hall–Kier alpha value is -0.590. The van der Waals surface area contributed by atoms with Crippen molar-refractivity contribution < 1.29 is 4.79 Å². The Morgan fingerprint density at radius 1 is 1.47 bits per heavy atom. The number of ketones is 1. The predicted octanol–water partition coefficient (Wildman–Crippen LogP) is 3.74. The highest BCUT2D eigenvalue weighted by molar-refractivity contribution is 5.85. The molecule has 0 spiro atoms. The maximum atomic E-state index is 12.0. The molecule has 2 aliphatic carbocycles. The summed E-state index contributed by atoms with van der Waals surface area (Å²) in [6, 6.07) is 0. The van der Waals surface area contributed by atoms with Gasteiger partial charge >= 0.3 is 0 Å². The standard InChI is InChI=1S/C14H22O/c1-10(2)7-11-8-12-5-4-6-13(15)14(12,3)9-11/h7,11-12H,4-6,8-9H2,1-3H3/t11-,12+,14-/m0/s1. The molecule has 0 aromatic heterocycles. The van der Waals surface area contributed by atoms with Crippen molar-refractivity contribution in [3.8, 4) is 0 Å². The molecule has 0 aromatic carbocycles. The Labute approximate surface area is 92.9 Å². The molecule has 3 atom stereocenters. The van der Waals surface area contributed by atoms with Crippen molar-refractivity contribution in [2.24, 2.45) is 17.3 Å². The number of rotatable bonds is 1. The van der Waals surface area contributed by atoms with Crippen LogP contribution in [0.4, 0.5) is 0 Å². The van der Waals surface area contributed by atoms with Gasteiger partial charge in [0.15, 0.2) is 0 Å². The van der Waals surface area contributed by atoms with Gasteiger partial charge in [0.1, 0.15) is 5.78 Å². The van der Waals surface area contributed by atoms with E-state index in [4.69, 9.17) is 0 Å². The Morgan fingerprint density at radius 3 is 2.80 bits per heavy atom. The van der Waals surface area contributed by atoms with E-state index in [1.807, 2.05) is 0 Å². The highest BCUT2D eigenvalue weighted by Crippen LogP contribution is 2.52. The summed E-state index contributed by atoms with van der Waals surface area (Å²) in [6.45, 7) is 6.52. The van der Waals surface area contributed by atoms with Gasteiger partial charge in [-0.25, -0.2) is 0 Å². The quantitative estimate of drug-likeness (QED) is 0.597. The third kappa shape index (κ3) is 1.89. The van der Waals surface area contributed by atoms with Gasteiger partial charge in [-0.3, -0.25) is 4.79 Å². The second-order valence-electron chi connectivity index (χ2n) is 5.87. The van der Waals surface area contributed by atoms with Crippen LogP contribution in [0.3, 0.4) is 0 Å². The Morgan fingerprint density at radius 2 is 2.20 bits per heavy atom. The van der Waals surface area contributed by atoms with Gasteiger partial charge in [0.2, 0.25) is 0 Å². The van der Waals surface area contributed by atoms with Crippen molar-refractivity contribution in [3.63, 3.8) is 0 Å². The summed E-state index contributed by atoms with van der Waals surface area (Å²) in [6.07, 6.45) is 7.94. The molecule has 84 valence electrons. The van der Waals surface area contributed by atoms with Crippen LogP contribution < -0.4 is 0 Å². The number of carbonyl (C=O) groups is 1. The lowest BCUT2D eigenvalue weighted by Crippen LogP contribution is -2.35. The average molecular weight is 206 g/mol. The van der Waals surface area contributed by atoms with E-state index < -0.39 is 0 Å². The van der Waals surface area contributed by atoms with Crippen molar-refractivity contribution in [1.82, 2.24) is 0 Å². The van der Waals surface area contributed by atoms with Crippen molar-refractivity contribution in [2.45, 2.75) is 52.9 Å². The smallest absolute Gasteiger partial charge is 0.139 e. The highest BCUT2D eigenvalue weighted by atomic mass is 16.1. The fourth-order valence-electron chi connectivity index (χ4n) is 3.59. The lowest BCUT2D eigenvalue weighted by atomic mass is 9.69. The zero-order valence-electron chi connectivity index (χ0n) is 10.2. The molecule has 1 heteroatoms. The molecule has 0 aromatic rings. The maximum absolute atomic E-state index is 12.0. The Kier molecular flexibility index (Phi) is 2.74. The first-order valence-corrected chi connectivity index (χ1v) is 6.20. The minimum absolute atomic E-state index is 0.0227. The van der Waals surface area contributed by atoms with Gasteiger partial charge in [0.25, 0.3) is 0 Å². The van der Waals surface area contributed by atoms with Crippen molar-refractivity contribution in [1.29, 1.82) is 0 Å². The molecule has 2 fully saturated rings. The summed E-state index contributed by atoms with van der Waals surface area (Å²) in [4.78, 5) is 12.0. The van der Waals surface area contributed by atoms with Gasteiger partial charge < -0.3 is 0 Å². The van der Waals surface area contributed by atoms with E-state index in [2.05, 4.69) is 26.8 Å². The fourth-order valence-corrected chi connectivity index (χ4v) is 3.59. The monoisotopic (exact) mass is 206 g/mol. The Bertz CT molecular complexity index is 298. The van der Waals surface area contributed by atoms with Crippen LogP contribution in [0.1, 0.15) is 52.9 Å². The minimum Gasteiger partial charge on any atom is -0.299 e. The van der Waals surface area contributed by atoms with Gasteiger partial charge in [0, 0.05) is 11.8 Å². The summed E-state index contributed by atoms with van der Waals surface area (Å²) in [5.41, 5.74) is 1.42. The molecule has 1 nitrogen and oxygen atoms in total. The Balaban J connectivity index is 2.16. The largest absolute Gasteiger partial charge is 0.299 e. The summed E-state index contributed by atoms with van der Waals surface area (Å²) in [5.74, 6) is 1.86. The number of Topliss-reactive ketones (excluding diaryl/α,β-unsaturated/α-hetero) is 1. The van der Waals surface area contributed by atoms with Crippen LogP contribution in [0.2, 0.25) is 0 Å². The predicted molar refractivity (Wildman–Crippen MR) is 62.6 cm³/mol. The molecule has 0 N–H and O–H groups in total. The van der Waals surface area contributed by atoms with Crippen molar-refractivity contribution in [2.75, 3.05) is 0 Å². The van der Waals surface area contributed by atoms with E-state index in [0.29, 0.717) is 17.6 Å². The van der Waals surface area contributed by atoms with Crippen LogP contribution in [0.5, 0.6) is 0 Å². The van der Waals surface area contributed by atoms with Crippen LogP contribution in [-0.2, 0) is 4.79 Å². The van der Waals surface area contributed by atoms with Crippen LogP contribution in [0, 0.1) is 17.3 Å². The van der Waals surface area contributed by atoms with Crippen LogP contribution in [0.15, 0.2) is 11.6 Å². The topological polar surface area (TPSA) is 17.1 Å². The van der Waals surface area contributed by atoms with Gasteiger partial charge in [-0.05, 0) is 51.4 Å². The first-order valence-electron chi connectivity index (χ1n) is 6.20. The molecule has 0 saturated heterocycles. The average Bonchev–Trinajstić information content (AvgIpc) is 2.43. The zero-order valence-corrected chi connectivity index (χ0v) is 10.2. The molecule has 0 aliphatic heterocycles. The van der Waals surface area contributed by atoms with E-state index in [1.54, 1.807) is 0 Å². The first kappa shape index (κ1) is 10.9. The number of carbonyl (C=O) groups excluding carboxylic acids is 1. The molecule has 0 unspecified atom stereocenters. The van der Waals surface area contributed by atoms with E-state index in [1.165, 1.54) is 18.4 Å². The molecule has 0 amide bonds. The van der Waals surface area contributed by atoms with Crippen LogP contribution >= 0.6 is 0 Å². The minimum atomic E-state index is 0.0227. The number of fused-ring (bicyclic) bond motifs is 1. The molecular weight excluding hydrogens is 184 g/mol. The molecule has 0 bridgehead atoms. The van der Waals surface area contributed by atoms with Gasteiger partial charge in [-0.15, -0.1) is 0 Å². The van der Waals surface area contributed by atoms with E-state index in [-0.39, 0.29) is 5.41 Å². The fraction of sp³-hybridized carbons (Fsp3) is 0.786. The number of hydrogen-bond donors (Lipinski definition) is 0. The zero-order chi connectivity index (χ0) is 11.1. The molecular formula is C14H22O. The molecule has 0 radical (unpaired) electrons. The summed E-state index contributed by atoms with van der Waals surface area (Å²) in [5, 5.41) is 0. The lowest BCUT2D eigenvalue weighted by Gasteiger charge is -2.34. The summed E-state index contributed by atoms with van der Waals surface area (Å²) < 4.78 is 0. The maximum Gasteiger partial charge on any atom is 0.139 e. The van der Waals surface area contributed by atoms with E-state index in [9.17, 15) is 4.79 Å². The molecule has 2 rings (SSSR count). The number of hydrogen-bond acceptors (Lipinski definition) is 1. The molecule has 15 heavy (non-hydrogen) atoms. The molecule has 2 saturated carbocycles. The molecule has 0 heterocycles. The second kappa shape index (κ2) is 3.77. The second-order valence-corrected chi connectivity index (χ2v) is 5.87. The van der Waals surface area contributed by atoms with Crippen LogP contribution in [-0.4, -0.2) is 5.78 Å². The third-order valence-electron chi connectivity index (χ3n) is 4.34. The van der Waals surface area contributed by atoms with Crippen LogP contribution in [0.25, 0.3) is 0 Å². The summed E-state index contributed by atoms with van der Waals surface area (Å²) >= 11 is 0. The van der Waals surface area contributed by atoms with E-state index >= 15 is 0 Å². The van der Waals surface area contributed by atoms with Gasteiger partial charge in [0.05, 0.1) is 0 Å². The normalized spacial score (nSPS) is 40.1. The van der Waals surface area contributed by atoms with Crippen molar-refractivity contribution >= 4 is 5.78 Å². The first-order chi connectivity index (χ1) is 7.02. The van der Waals surface area contributed by atoms with E-state index in [0.717, 1.165) is 19.3 Å². The lowest BCUT2D eigenvalue weighted by molar-refractivity contribution is -0.132. The van der Waals surface area contributed by atoms with Crippen molar-refractivity contribution in [3.05, 3.63) is 11.6 Å². The summed E-state index contributed by atoms with van der Waals surface area (Å²) in [7, 11) is 0. The highest BCUT2D eigenvalue weighted by Gasteiger charge is 2.49. The number of allylic oxidation sites excluding steroid dienone is 2. The molecule has 2 aliphatic rings. The van der Waals surface area contributed by atoms with Gasteiger partial charge in [-0.1, -0.05) is 18.6 Å². The van der Waals surface area contributed by atoms with Gasteiger partial charge in [-0.2, -0.15) is 0 Å². The third-order valence-corrected chi connectivity index (χ3v) is 4.34. The SMILES string of the molecule is CC(C)=C[C@H]1C[C@H]2CCCC(=O)[C@@]2(C)C1.